The van der Waals surface area contributed by atoms with Gasteiger partial charge < -0.3 is 14.2 Å². The van der Waals surface area contributed by atoms with Gasteiger partial charge in [0, 0.05) is 12.5 Å². The Morgan fingerprint density at radius 3 is 2.88 bits per heavy atom. The van der Waals surface area contributed by atoms with E-state index in [9.17, 15) is 4.79 Å². The quantitative estimate of drug-likeness (QED) is 0.730. The summed E-state index contributed by atoms with van der Waals surface area (Å²) >= 11 is 0. The van der Waals surface area contributed by atoms with Gasteiger partial charge in [-0.15, -0.1) is 0 Å². The minimum absolute atomic E-state index is 0.0352. The minimum Gasteiger partial charge on any atom is -0.486 e. The zero-order valence-corrected chi connectivity index (χ0v) is 9.48. The molecular weight excluding hydrogens is 220 g/mol. The predicted molar refractivity (Wildman–Crippen MR) is 60.7 cm³/mol. The van der Waals surface area contributed by atoms with Gasteiger partial charge >= 0.3 is 0 Å². The van der Waals surface area contributed by atoms with Crippen molar-refractivity contribution in [3.63, 3.8) is 0 Å². The number of para-hydroxylation sites is 1. The van der Waals surface area contributed by atoms with E-state index < -0.39 is 0 Å². The number of hydrogen-bond acceptors (Lipinski definition) is 4. The minimum atomic E-state index is -0.0352. The fraction of sp³-hybridized carbons (Fsp3) is 0.462. The molecule has 2 heterocycles. The Balaban J connectivity index is 1.94. The number of hydrogen-bond donors (Lipinski definition) is 0. The lowest BCUT2D eigenvalue weighted by molar-refractivity contribution is 0.0889. The number of Topliss-reactive ketones (excluding diaryl/α,β-unsaturated/α-hetero) is 1. The first-order valence-corrected chi connectivity index (χ1v) is 5.87. The van der Waals surface area contributed by atoms with Gasteiger partial charge in [-0.1, -0.05) is 6.07 Å². The van der Waals surface area contributed by atoms with Gasteiger partial charge in [0.05, 0.1) is 12.2 Å². The fourth-order valence-electron chi connectivity index (χ4n) is 2.23. The zero-order valence-electron chi connectivity index (χ0n) is 9.48. The number of ketones is 1. The fourth-order valence-corrected chi connectivity index (χ4v) is 2.23. The van der Waals surface area contributed by atoms with Gasteiger partial charge in [-0.05, 0) is 18.6 Å². The summed E-state index contributed by atoms with van der Waals surface area (Å²) in [6.45, 7) is 2.22. The number of benzene rings is 1. The number of rotatable bonds is 2. The third-order valence-corrected chi connectivity index (χ3v) is 3.13. The van der Waals surface area contributed by atoms with Gasteiger partial charge in [0.1, 0.15) is 13.2 Å². The Morgan fingerprint density at radius 1 is 1.18 bits per heavy atom. The molecule has 0 amide bonds. The SMILES string of the molecule is O=C(c1cccc2c1OCCO2)C1CCOC1. The van der Waals surface area contributed by atoms with E-state index in [1.807, 2.05) is 12.1 Å². The first kappa shape index (κ1) is 10.6. The lowest BCUT2D eigenvalue weighted by Gasteiger charge is -2.21. The van der Waals surface area contributed by atoms with Gasteiger partial charge in [0.15, 0.2) is 17.3 Å². The van der Waals surface area contributed by atoms with Crippen molar-refractivity contribution < 1.29 is 19.0 Å². The third kappa shape index (κ3) is 1.89. The van der Waals surface area contributed by atoms with Crippen LogP contribution in [-0.4, -0.2) is 32.2 Å². The average molecular weight is 234 g/mol. The summed E-state index contributed by atoms with van der Waals surface area (Å²) in [4.78, 5) is 12.3. The molecule has 0 N–H and O–H groups in total. The van der Waals surface area contributed by atoms with E-state index in [1.165, 1.54) is 0 Å². The molecule has 0 spiro atoms. The Bertz CT molecular complexity index is 435. The van der Waals surface area contributed by atoms with Crippen molar-refractivity contribution in [3.05, 3.63) is 23.8 Å². The number of carbonyl (C=O) groups is 1. The topological polar surface area (TPSA) is 44.8 Å². The Labute approximate surface area is 99.5 Å². The number of fused-ring (bicyclic) bond motifs is 1. The molecule has 1 fully saturated rings. The first-order valence-electron chi connectivity index (χ1n) is 5.87. The molecule has 1 saturated heterocycles. The summed E-state index contributed by atoms with van der Waals surface area (Å²) in [5.74, 6) is 1.33. The van der Waals surface area contributed by atoms with E-state index in [2.05, 4.69) is 0 Å². The summed E-state index contributed by atoms with van der Waals surface area (Å²) in [6, 6.07) is 5.46. The molecular formula is C13H14O4. The van der Waals surface area contributed by atoms with Gasteiger partial charge in [0.25, 0.3) is 0 Å². The second-order valence-corrected chi connectivity index (χ2v) is 4.25. The van der Waals surface area contributed by atoms with Crippen LogP contribution in [0.1, 0.15) is 16.8 Å². The summed E-state index contributed by atoms with van der Waals surface area (Å²) in [5.41, 5.74) is 0.623. The van der Waals surface area contributed by atoms with Crippen molar-refractivity contribution in [2.75, 3.05) is 26.4 Å². The summed E-state index contributed by atoms with van der Waals surface area (Å²) in [6.07, 6.45) is 0.795. The van der Waals surface area contributed by atoms with Crippen LogP contribution in [0.5, 0.6) is 11.5 Å². The molecule has 0 saturated carbocycles. The lowest BCUT2D eigenvalue weighted by atomic mass is 9.96. The number of carbonyl (C=O) groups excluding carboxylic acids is 1. The normalized spacial score (nSPS) is 22.5. The van der Waals surface area contributed by atoms with Crippen LogP contribution in [0.2, 0.25) is 0 Å². The van der Waals surface area contributed by atoms with Crippen molar-refractivity contribution >= 4 is 5.78 Å². The van der Waals surface area contributed by atoms with Crippen LogP contribution in [0.4, 0.5) is 0 Å². The third-order valence-electron chi connectivity index (χ3n) is 3.13. The average Bonchev–Trinajstić information content (AvgIpc) is 2.91. The van der Waals surface area contributed by atoms with Crippen molar-refractivity contribution in [3.8, 4) is 11.5 Å². The Hall–Kier alpha value is -1.55. The highest BCUT2D eigenvalue weighted by atomic mass is 16.6. The van der Waals surface area contributed by atoms with Crippen LogP contribution in [0.3, 0.4) is 0 Å². The molecule has 17 heavy (non-hydrogen) atoms. The maximum Gasteiger partial charge on any atom is 0.172 e. The van der Waals surface area contributed by atoms with E-state index in [0.717, 1.165) is 6.42 Å². The van der Waals surface area contributed by atoms with Crippen LogP contribution in [0, 0.1) is 5.92 Å². The maximum atomic E-state index is 12.3. The zero-order chi connectivity index (χ0) is 11.7. The van der Waals surface area contributed by atoms with Gasteiger partial charge in [0.2, 0.25) is 0 Å². The highest BCUT2D eigenvalue weighted by Crippen LogP contribution is 2.35. The molecule has 3 rings (SSSR count). The second-order valence-electron chi connectivity index (χ2n) is 4.25. The smallest absolute Gasteiger partial charge is 0.172 e. The molecule has 4 heteroatoms. The van der Waals surface area contributed by atoms with Crippen molar-refractivity contribution in [1.29, 1.82) is 0 Å². The standard InChI is InChI=1S/C13H14O4/c14-12(9-4-5-15-8-9)10-2-1-3-11-13(10)17-7-6-16-11/h1-3,9H,4-8H2. The molecule has 90 valence electrons. The molecule has 1 aromatic rings. The molecule has 0 bridgehead atoms. The lowest BCUT2D eigenvalue weighted by Crippen LogP contribution is -2.20. The Morgan fingerprint density at radius 2 is 2.06 bits per heavy atom. The molecule has 0 aromatic heterocycles. The van der Waals surface area contributed by atoms with E-state index in [-0.39, 0.29) is 11.7 Å². The molecule has 0 aliphatic carbocycles. The summed E-state index contributed by atoms with van der Waals surface area (Å²) in [5, 5.41) is 0. The van der Waals surface area contributed by atoms with Gasteiger partial charge in [-0.2, -0.15) is 0 Å². The summed E-state index contributed by atoms with van der Waals surface area (Å²) in [7, 11) is 0. The van der Waals surface area contributed by atoms with Crippen LogP contribution in [0.25, 0.3) is 0 Å². The number of ether oxygens (including phenoxy) is 3. The van der Waals surface area contributed by atoms with Crippen LogP contribution in [0.15, 0.2) is 18.2 Å². The summed E-state index contributed by atoms with van der Waals surface area (Å²) < 4.78 is 16.3. The van der Waals surface area contributed by atoms with Crippen LogP contribution < -0.4 is 9.47 Å². The maximum absolute atomic E-state index is 12.3. The highest BCUT2D eigenvalue weighted by Gasteiger charge is 2.28. The van der Waals surface area contributed by atoms with Crippen molar-refractivity contribution in [2.45, 2.75) is 6.42 Å². The van der Waals surface area contributed by atoms with Crippen LogP contribution >= 0.6 is 0 Å². The first-order chi connectivity index (χ1) is 8.36. The van der Waals surface area contributed by atoms with E-state index >= 15 is 0 Å². The molecule has 4 nitrogen and oxygen atoms in total. The molecule has 2 aliphatic rings. The second kappa shape index (κ2) is 4.37. The van der Waals surface area contributed by atoms with Gasteiger partial charge in [-0.25, -0.2) is 0 Å². The monoisotopic (exact) mass is 234 g/mol. The molecule has 0 radical (unpaired) electrons. The largest absolute Gasteiger partial charge is 0.486 e. The van der Waals surface area contributed by atoms with Crippen molar-refractivity contribution in [1.82, 2.24) is 0 Å². The van der Waals surface area contributed by atoms with Gasteiger partial charge in [-0.3, -0.25) is 4.79 Å². The predicted octanol–water partition coefficient (Wildman–Crippen LogP) is 1.68. The van der Waals surface area contributed by atoms with Crippen molar-refractivity contribution in [2.24, 2.45) is 5.92 Å². The van der Waals surface area contributed by atoms with Crippen LogP contribution in [-0.2, 0) is 4.74 Å². The Kier molecular flexibility index (Phi) is 2.73. The van der Waals surface area contributed by atoms with E-state index in [4.69, 9.17) is 14.2 Å². The molecule has 1 aromatic carbocycles. The molecule has 2 aliphatic heterocycles. The van der Waals surface area contributed by atoms with E-state index in [0.29, 0.717) is 43.5 Å². The molecule has 1 unspecified atom stereocenters. The van der Waals surface area contributed by atoms with E-state index in [1.54, 1.807) is 6.07 Å². The highest BCUT2D eigenvalue weighted by molar-refractivity contribution is 6.01. The molecule has 1 atom stereocenters.